The van der Waals surface area contributed by atoms with Gasteiger partial charge in [-0.05, 0) is 37.3 Å². The molecular weight excluding hydrogens is 228 g/mol. The van der Waals surface area contributed by atoms with Crippen molar-refractivity contribution in [1.29, 1.82) is 0 Å². The summed E-state index contributed by atoms with van der Waals surface area (Å²) in [6.45, 7) is 0.856. The summed E-state index contributed by atoms with van der Waals surface area (Å²) >= 11 is 0. The molecule has 0 bridgehead atoms. The van der Waals surface area contributed by atoms with Gasteiger partial charge < -0.3 is 20.9 Å². The van der Waals surface area contributed by atoms with Gasteiger partial charge >= 0.3 is 0 Å². The molecule has 0 radical (unpaired) electrons. The lowest BCUT2D eigenvalue weighted by Gasteiger charge is -2.26. The molecule has 2 atom stereocenters. The van der Waals surface area contributed by atoms with Crippen LogP contribution in [-0.4, -0.2) is 24.9 Å². The standard InChI is InChI=1S/C14H22N2O2/c1-18-12-5-6-13(15)14(8-12)16-9-10-3-2-4-11(17)7-10/h5-6,8,10-11,16-17H,2-4,7,9,15H2,1H3. The van der Waals surface area contributed by atoms with Crippen LogP contribution >= 0.6 is 0 Å². The van der Waals surface area contributed by atoms with E-state index < -0.39 is 0 Å². The van der Waals surface area contributed by atoms with E-state index in [0.717, 1.165) is 42.9 Å². The normalized spacial score (nSPS) is 23.7. The highest BCUT2D eigenvalue weighted by atomic mass is 16.5. The average molecular weight is 250 g/mol. The molecule has 0 amide bonds. The van der Waals surface area contributed by atoms with Crippen molar-refractivity contribution in [2.75, 3.05) is 24.7 Å². The van der Waals surface area contributed by atoms with E-state index in [1.54, 1.807) is 7.11 Å². The largest absolute Gasteiger partial charge is 0.497 e. The number of anilines is 2. The van der Waals surface area contributed by atoms with Gasteiger partial charge in [0.25, 0.3) is 0 Å². The zero-order valence-electron chi connectivity index (χ0n) is 10.9. The van der Waals surface area contributed by atoms with Gasteiger partial charge in [-0.25, -0.2) is 0 Å². The first-order valence-electron chi connectivity index (χ1n) is 6.54. The second kappa shape index (κ2) is 5.96. The van der Waals surface area contributed by atoms with Gasteiger partial charge in [-0.1, -0.05) is 6.42 Å². The molecule has 1 aromatic carbocycles. The van der Waals surface area contributed by atoms with Crippen LogP contribution in [0.3, 0.4) is 0 Å². The third-order valence-electron chi connectivity index (χ3n) is 3.60. The fraction of sp³-hybridized carbons (Fsp3) is 0.571. The minimum absolute atomic E-state index is 0.131. The topological polar surface area (TPSA) is 67.5 Å². The Bertz CT molecular complexity index is 395. The first kappa shape index (κ1) is 13.0. The van der Waals surface area contributed by atoms with Crippen molar-refractivity contribution in [2.24, 2.45) is 5.92 Å². The number of nitrogens with two attached hydrogens (primary N) is 1. The molecule has 0 aliphatic heterocycles. The van der Waals surface area contributed by atoms with Crippen LogP contribution in [0.2, 0.25) is 0 Å². The molecule has 0 spiro atoms. The zero-order valence-corrected chi connectivity index (χ0v) is 10.9. The molecular formula is C14H22N2O2. The van der Waals surface area contributed by atoms with Crippen LogP contribution in [0.15, 0.2) is 18.2 Å². The summed E-state index contributed by atoms with van der Waals surface area (Å²) in [6.07, 6.45) is 3.98. The van der Waals surface area contributed by atoms with Gasteiger partial charge in [0.1, 0.15) is 5.75 Å². The highest BCUT2D eigenvalue weighted by molar-refractivity contribution is 5.68. The molecule has 0 saturated heterocycles. The molecule has 0 aromatic heterocycles. The molecule has 2 rings (SSSR count). The first-order chi connectivity index (χ1) is 8.69. The number of aliphatic hydroxyl groups excluding tert-OH is 1. The van der Waals surface area contributed by atoms with Crippen molar-refractivity contribution in [2.45, 2.75) is 31.8 Å². The molecule has 1 aromatic rings. The Balaban J connectivity index is 1.92. The molecule has 18 heavy (non-hydrogen) atoms. The van der Waals surface area contributed by atoms with Crippen LogP contribution in [0.25, 0.3) is 0 Å². The molecule has 4 heteroatoms. The van der Waals surface area contributed by atoms with Crippen LogP contribution in [0.4, 0.5) is 11.4 Å². The Labute approximate surface area is 108 Å². The maximum absolute atomic E-state index is 9.64. The van der Waals surface area contributed by atoms with Gasteiger partial charge in [0, 0.05) is 12.6 Å². The molecule has 1 fully saturated rings. The molecule has 2 unspecified atom stereocenters. The Morgan fingerprint density at radius 1 is 1.44 bits per heavy atom. The number of nitrogens with one attached hydrogen (secondary N) is 1. The lowest BCUT2D eigenvalue weighted by molar-refractivity contribution is 0.105. The van der Waals surface area contributed by atoms with Crippen molar-refractivity contribution in [3.63, 3.8) is 0 Å². The van der Waals surface area contributed by atoms with Crippen molar-refractivity contribution < 1.29 is 9.84 Å². The predicted molar refractivity (Wildman–Crippen MR) is 73.9 cm³/mol. The molecule has 1 aliphatic carbocycles. The third kappa shape index (κ3) is 3.29. The molecule has 4 nitrogen and oxygen atoms in total. The molecule has 1 aliphatic rings. The summed E-state index contributed by atoms with van der Waals surface area (Å²) in [5, 5.41) is 13.0. The Morgan fingerprint density at radius 2 is 2.28 bits per heavy atom. The van der Waals surface area contributed by atoms with Crippen molar-refractivity contribution >= 4 is 11.4 Å². The maximum Gasteiger partial charge on any atom is 0.121 e. The van der Waals surface area contributed by atoms with E-state index in [1.807, 2.05) is 18.2 Å². The van der Waals surface area contributed by atoms with Gasteiger partial charge in [-0.2, -0.15) is 0 Å². The number of aliphatic hydroxyl groups is 1. The minimum Gasteiger partial charge on any atom is -0.497 e. The highest BCUT2D eigenvalue weighted by Crippen LogP contribution is 2.27. The number of methoxy groups -OCH3 is 1. The highest BCUT2D eigenvalue weighted by Gasteiger charge is 2.19. The van der Waals surface area contributed by atoms with Gasteiger partial charge in [0.05, 0.1) is 24.6 Å². The van der Waals surface area contributed by atoms with E-state index in [2.05, 4.69) is 5.32 Å². The summed E-state index contributed by atoms with van der Waals surface area (Å²) < 4.78 is 5.18. The van der Waals surface area contributed by atoms with Crippen LogP contribution in [-0.2, 0) is 0 Å². The van der Waals surface area contributed by atoms with Crippen molar-refractivity contribution in [3.05, 3.63) is 18.2 Å². The molecule has 1 saturated carbocycles. The van der Waals surface area contributed by atoms with E-state index in [4.69, 9.17) is 10.5 Å². The lowest BCUT2D eigenvalue weighted by Crippen LogP contribution is -2.25. The summed E-state index contributed by atoms with van der Waals surface area (Å²) in [4.78, 5) is 0. The van der Waals surface area contributed by atoms with E-state index >= 15 is 0 Å². The summed E-state index contributed by atoms with van der Waals surface area (Å²) in [7, 11) is 1.65. The van der Waals surface area contributed by atoms with Gasteiger partial charge in [-0.15, -0.1) is 0 Å². The predicted octanol–water partition coefficient (Wildman–Crippen LogP) is 2.24. The quantitative estimate of drug-likeness (QED) is 0.717. The van der Waals surface area contributed by atoms with E-state index in [0.29, 0.717) is 5.92 Å². The SMILES string of the molecule is COc1ccc(N)c(NCC2CCCC(O)C2)c1. The number of hydrogen-bond acceptors (Lipinski definition) is 4. The average Bonchev–Trinajstić information content (AvgIpc) is 2.38. The number of nitrogen functional groups attached to an aromatic ring is 1. The first-order valence-corrected chi connectivity index (χ1v) is 6.54. The van der Waals surface area contributed by atoms with Gasteiger partial charge in [-0.3, -0.25) is 0 Å². The molecule has 0 heterocycles. The Kier molecular flexibility index (Phi) is 4.31. The summed E-state index contributed by atoms with van der Waals surface area (Å²) in [5.41, 5.74) is 7.56. The Hall–Kier alpha value is -1.42. The van der Waals surface area contributed by atoms with E-state index in [9.17, 15) is 5.11 Å². The van der Waals surface area contributed by atoms with Crippen LogP contribution in [0, 0.1) is 5.92 Å². The van der Waals surface area contributed by atoms with Gasteiger partial charge in [0.15, 0.2) is 0 Å². The fourth-order valence-corrected chi connectivity index (χ4v) is 2.52. The summed E-state index contributed by atoms with van der Waals surface area (Å²) in [6, 6.07) is 5.61. The second-order valence-electron chi connectivity index (χ2n) is 5.02. The van der Waals surface area contributed by atoms with Crippen LogP contribution in [0.5, 0.6) is 5.75 Å². The lowest BCUT2D eigenvalue weighted by atomic mass is 9.87. The number of rotatable bonds is 4. The number of hydrogen-bond donors (Lipinski definition) is 3. The molecule has 100 valence electrons. The molecule has 4 N–H and O–H groups in total. The minimum atomic E-state index is -0.131. The van der Waals surface area contributed by atoms with Crippen LogP contribution in [0.1, 0.15) is 25.7 Å². The van der Waals surface area contributed by atoms with Crippen molar-refractivity contribution in [3.8, 4) is 5.75 Å². The fourth-order valence-electron chi connectivity index (χ4n) is 2.52. The maximum atomic E-state index is 9.64. The van der Waals surface area contributed by atoms with E-state index in [-0.39, 0.29) is 6.10 Å². The number of ether oxygens (including phenoxy) is 1. The van der Waals surface area contributed by atoms with Gasteiger partial charge in [0.2, 0.25) is 0 Å². The zero-order chi connectivity index (χ0) is 13.0. The van der Waals surface area contributed by atoms with Crippen molar-refractivity contribution in [1.82, 2.24) is 0 Å². The monoisotopic (exact) mass is 250 g/mol. The second-order valence-corrected chi connectivity index (χ2v) is 5.02. The smallest absolute Gasteiger partial charge is 0.121 e. The van der Waals surface area contributed by atoms with Crippen LogP contribution < -0.4 is 15.8 Å². The van der Waals surface area contributed by atoms with E-state index in [1.165, 1.54) is 6.42 Å². The Morgan fingerprint density at radius 3 is 3.00 bits per heavy atom. The third-order valence-corrected chi connectivity index (χ3v) is 3.60. The number of benzene rings is 1. The summed E-state index contributed by atoms with van der Waals surface area (Å²) in [5.74, 6) is 1.33.